The summed E-state index contributed by atoms with van der Waals surface area (Å²) in [6.45, 7) is 5.52. The molecule has 0 amide bonds. The second-order valence-electron chi connectivity index (χ2n) is 5.21. The molecule has 1 aliphatic heterocycles. The highest BCUT2D eigenvalue weighted by Gasteiger charge is 2.17. The van der Waals surface area contributed by atoms with Crippen molar-refractivity contribution in [3.8, 4) is 5.75 Å². The minimum atomic E-state index is 0.342. The van der Waals surface area contributed by atoms with Crippen molar-refractivity contribution in [2.75, 3.05) is 32.1 Å². The van der Waals surface area contributed by atoms with Gasteiger partial charge in [0.15, 0.2) is 16.7 Å². The Morgan fingerprint density at radius 1 is 1.45 bits per heavy atom. The smallest absolute Gasteiger partial charge is 0.198 e. The van der Waals surface area contributed by atoms with Crippen LogP contribution in [0.4, 0.5) is 5.82 Å². The molecule has 112 valence electrons. The quantitative estimate of drug-likeness (QED) is 0.646. The standard InChI is InChI=1S/C14H23ClN4O/c1-11-6-3-4-8-19(11)9-5-7-16-14-12(20-2)13(15)17-10-18-14/h10-11H,3-9H2,1-2H3,(H,16,17,18). The van der Waals surface area contributed by atoms with Gasteiger partial charge in [0.25, 0.3) is 0 Å². The van der Waals surface area contributed by atoms with Crippen LogP contribution in [-0.4, -0.2) is 47.7 Å². The van der Waals surface area contributed by atoms with Crippen LogP contribution in [0.5, 0.6) is 5.75 Å². The second-order valence-corrected chi connectivity index (χ2v) is 5.57. The zero-order valence-corrected chi connectivity index (χ0v) is 13.0. The van der Waals surface area contributed by atoms with Crippen molar-refractivity contribution in [1.82, 2.24) is 14.9 Å². The van der Waals surface area contributed by atoms with E-state index in [-0.39, 0.29) is 0 Å². The predicted octanol–water partition coefficient (Wildman–Crippen LogP) is 2.82. The van der Waals surface area contributed by atoms with Gasteiger partial charge < -0.3 is 15.0 Å². The molecule has 0 saturated carbocycles. The van der Waals surface area contributed by atoms with E-state index in [1.165, 1.54) is 32.1 Å². The highest BCUT2D eigenvalue weighted by molar-refractivity contribution is 6.31. The van der Waals surface area contributed by atoms with Gasteiger partial charge in [-0.25, -0.2) is 9.97 Å². The Morgan fingerprint density at radius 3 is 3.05 bits per heavy atom. The van der Waals surface area contributed by atoms with Crippen LogP contribution in [0.3, 0.4) is 0 Å². The van der Waals surface area contributed by atoms with E-state index in [2.05, 4.69) is 27.1 Å². The number of ether oxygens (including phenoxy) is 1. The summed E-state index contributed by atoms with van der Waals surface area (Å²) < 4.78 is 5.21. The molecule has 0 aliphatic carbocycles. The number of piperidine rings is 1. The van der Waals surface area contributed by atoms with E-state index in [4.69, 9.17) is 16.3 Å². The molecule has 0 bridgehead atoms. The predicted molar refractivity (Wildman–Crippen MR) is 81.6 cm³/mol. The topological polar surface area (TPSA) is 50.3 Å². The fourth-order valence-electron chi connectivity index (χ4n) is 2.64. The monoisotopic (exact) mass is 298 g/mol. The zero-order valence-electron chi connectivity index (χ0n) is 12.2. The minimum absolute atomic E-state index is 0.342. The molecule has 0 radical (unpaired) electrons. The Balaban J connectivity index is 1.77. The highest BCUT2D eigenvalue weighted by atomic mass is 35.5. The number of anilines is 1. The molecule has 1 aromatic heterocycles. The van der Waals surface area contributed by atoms with Crippen molar-refractivity contribution in [3.05, 3.63) is 11.5 Å². The maximum Gasteiger partial charge on any atom is 0.198 e. The van der Waals surface area contributed by atoms with Crippen molar-refractivity contribution < 1.29 is 4.74 Å². The van der Waals surface area contributed by atoms with Gasteiger partial charge in [-0.3, -0.25) is 0 Å². The van der Waals surface area contributed by atoms with Crippen LogP contribution in [0, 0.1) is 0 Å². The molecule has 1 aromatic rings. The lowest BCUT2D eigenvalue weighted by molar-refractivity contribution is 0.160. The Hall–Kier alpha value is -1.07. The zero-order chi connectivity index (χ0) is 14.4. The van der Waals surface area contributed by atoms with Gasteiger partial charge in [-0.2, -0.15) is 0 Å². The van der Waals surface area contributed by atoms with E-state index in [0.29, 0.717) is 22.8 Å². The first kappa shape index (κ1) is 15.3. The molecule has 1 atom stereocenters. The van der Waals surface area contributed by atoms with E-state index in [9.17, 15) is 0 Å². The lowest BCUT2D eigenvalue weighted by Gasteiger charge is -2.33. The first-order valence-electron chi connectivity index (χ1n) is 7.24. The summed E-state index contributed by atoms with van der Waals surface area (Å²) >= 11 is 5.96. The number of nitrogens with one attached hydrogen (secondary N) is 1. The van der Waals surface area contributed by atoms with E-state index in [0.717, 1.165) is 19.5 Å². The molecule has 6 heteroatoms. The largest absolute Gasteiger partial charge is 0.490 e. The second kappa shape index (κ2) is 7.64. The van der Waals surface area contributed by atoms with Gasteiger partial charge in [0.2, 0.25) is 0 Å². The molecule has 1 N–H and O–H groups in total. The number of likely N-dealkylation sites (tertiary alicyclic amines) is 1. The lowest BCUT2D eigenvalue weighted by atomic mass is 10.0. The van der Waals surface area contributed by atoms with Gasteiger partial charge in [-0.1, -0.05) is 18.0 Å². The van der Waals surface area contributed by atoms with Crippen LogP contribution >= 0.6 is 11.6 Å². The fraction of sp³-hybridized carbons (Fsp3) is 0.714. The molecule has 1 fully saturated rings. The molecule has 2 heterocycles. The van der Waals surface area contributed by atoms with E-state index < -0.39 is 0 Å². The number of hydrogen-bond acceptors (Lipinski definition) is 5. The third-order valence-electron chi connectivity index (χ3n) is 3.82. The maximum absolute atomic E-state index is 5.96. The van der Waals surface area contributed by atoms with E-state index in [1.54, 1.807) is 7.11 Å². The summed E-state index contributed by atoms with van der Waals surface area (Å²) in [5.41, 5.74) is 0. The molecular weight excluding hydrogens is 276 g/mol. The van der Waals surface area contributed by atoms with Crippen molar-refractivity contribution in [1.29, 1.82) is 0 Å². The summed E-state index contributed by atoms with van der Waals surface area (Å²) in [4.78, 5) is 10.6. The van der Waals surface area contributed by atoms with Crippen molar-refractivity contribution in [3.63, 3.8) is 0 Å². The number of rotatable bonds is 6. The molecule has 5 nitrogen and oxygen atoms in total. The summed E-state index contributed by atoms with van der Waals surface area (Å²) in [5.74, 6) is 1.18. The van der Waals surface area contributed by atoms with E-state index in [1.807, 2.05) is 0 Å². The highest BCUT2D eigenvalue weighted by Crippen LogP contribution is 2.28. The summed E-state index contributed by atoms with van der Waals surface area (Å²) in [5, 5.41) is 3.61. The minimum Gasteiger partial charge on any atom is -0.490 e. The van der Waals surface area contributed by atoms with Gasteiger partial charge in [0, 0.05) is 19.1 Å². The van der Waals surface area contributed by atoms with Gasteiger partial charge in [0.1, 0.15) is 6.33 Å². The Bertz CT molecular complexity index is 430. The normalized spacial score (nSPS) is 19.9. The molecule has 2 rings (SSSR count). The van der Waals surface area contributed by atoms with Crippen molar-refractivity contribution in [2.24, 2.45) is 0 Å². The molecule has 20 heavy (non-hydrogen) atoms. The van der Waals surface area contributed by atoms with Crippen molar-refractivity contribution in [2.45, 2.75) is 38.6 Å². The summed E-state index contributed by atoms with van der Waals surface area (Å²) in [6, 6.07) is 0.715. The van der Waals surface area contributed by atoms with Crippen LogP contribution < -0.4 is 10.1 Å². The molecule has 0 aromatic carbocycles. The number of halogens is 1. The summed E-state index contributed by atoms with van der Waals surface area (Å²) in [6.07, 6.45) is 6.54. The lowest BCUT2D eigenvalue weighted by Crippen LogP contribution is -2.38. The number of aromatic nitrogens is 2. The molecular formula is C14H23ClN4O. The van der Waals surface area contributed by atoms with Crippen LogP contribution in [-0.2, 0) is 0 Å². The average molecular weight is 299 g/mol. The van der Waals surface area contributed by atoms with Crippen LogP contribution in [0.2, 0.25) is 5.15 Å². The van der Waals surface area contributed by atoms with Gasteiger partial charge >= 0.3 is 0 Å². The third kappa shape index (κ3) is 3.96. The fourth-order valence-corrected chi connectivity index (χ4v) is 2.85. The molecule has 1 unspecified atom stereocenters. The van der Waals surface area contributed by atoms with Gasteiger partial charge in [-0.15, -0.1) is 0 Å². The van der Waals surface area contributed by atoms with Crippen LogP contribution in [0.1, 0.15) is 32.6 Å². The maximum atomic E-state index is 5.96. The molecule has 1 saturated heterocycles. The van der Waals surface area contributed by atoms with Crippen LogP contribution in [0.25, 0.3) is 0 Å². The Labute approximate surface area is 125 Å². The van der Waals surface area contributed by atoms with E-state index >= 15 is 0 Å². The number of methoxy groups -OCH3 is 1. The average Bonchev–Trinajstić information content (AvgIpc) is 2.45. The van der Waals surface area contributed by atoms with Gasteiger partial charge in [0.05, 0.1) is 7.11 Å². The van der Waals surface area contributed by atoms with Crippen molar-refractivity contribution >= 4 is 17.4 Å². The number of hydrogen-bond donors (Lipinski definition) is 1. The van der Waals surface area contributed by atoms with Crippen LogP contribution in [0.15, 0.2) is 6.33 Å². The number of nitrogens with zero attached hydrogens (tertiary/aromatic N) is 3. The Morgan fingerprint density at radius 2 is 2.30 bits per heavy atom. The Kier molecular flexibility index (Phi) is 5.86. The first-order chi connectivity index (χ1) is 9.72. The SMILES string of the molecule is COc1c(Cl)ncnc1NCCCN1CCCCC1C. The van der Waals surface area contributed by atoms with Gasteiger partial charge in [-0.05, 0) is 32.7 Å². The first-order valence-corrected chi connectivity index (χ1v) is 7.62. The third-order valence-corrected chi connectivity index (χ3v) is 4.09. The molecule has 1 aliphatic rings. The summed E-state index contributed by atoms with van der Waals surface area (Å²) in [7, 11) is 1.57. The molecule has 0 spiro atoms.